The van der Waals surface area contributed by atoms with E-state index in [4.69, 9.17) is 9.84 Å². The molecule has 0 saturated carbocycles. The van der Waals surface area contributed by atoms with Crippen molar-refractivity contribution in [2.24, 2.45) is 0 Å². The maximum Gasteiger partial charge on any atom is 0.0710 e. The van der Waals surface area contributed by atoms with E-state index in [-0.39, 0.29) is 6.61 Å². The van der Waals surface area contributed by atoms with E-state index in [1.54, 1.807) is 7.11 Å². The third kappa shape index (κ3) is 1.94. The molecule has 1 saturated heterocycles. The van der Waals surface area contributed by atoms with Gasteiger partial charge in [-0.25, -0.2) is 0 Å². The third-order valence-corrected chi connectivity index (χ3v) is 1.98. The predicted molar refractivity (Wildman–Crippen MR) is 38.9 cm³/mol. The molecule has 1 atom stereocenters. The largest absolute Gasteiger partial charge is 0.395 e. The predicted octanol–water partition coefficient (Wildman–Crippen LogP) is -0.301. The Morgan fingerprint density at radius 2 is 2.50 bits per heavy atom. The van der Waals surface area contributed by atoms with Crippen LogP contribution in [0.3, 0.4) is 0 Å². The van der Waals surface area contributed by atoms with Gasteiger partial charge in [0.2, 0.25) is 0 Å². The minimum Gasteiger partial charge on any atom is -0.395 e. The van der Waals surface area contributed by atoms with Crippen molar-refractivity contribution in [3.63, 3.8) is 0 Å². The Hall–Kier alpha value is -0.120. The number of hydrogen-bond donors (Lipinski definition) is 1. The van der Waals surface area contributed by atoms with Gasteiger partial charge in [-0.15, -0.1) is 0 Å². The van der Waals surface area contributed by atoms with Crippen molar-refractivity contribution < 1.29 is 9.84 Å². The van der Waals surface area contributed by atoms with Gasteiger partial charge < -0.3 is 9.84 Å². The molecule has 1 fully saturated rings. The van der Waals surface area contributed by atoms with Crippen LogP contribution in [0, 0.1) is 0 Å². The van der Waals surface area contributed by atoms with Crippen molar-refractivity contribution in [1.82, 2.24) is 4.90 Å². The van der Waals surface area contributed by atoms with E-state index < -0.39 is 0 Å². The van der Waals surface area contributed by atoms with E-state index in [1.807, 2.05) is 0 Å². The zero-order valence-electron chi connectivity index (χ0n) is 6.42. The molecule has 0 bridgehead atoms. The molecule has 0 spiro atoms. The third-order valence-electron chi connectivity index (χ3n) is 1.98. The number of likely N-dealkylation sites (tertiary alicyclic amines) is 1. The summed E-state index contributed by atoms with van der Waals surface area (Å²) in [6.45, 7) is 3.10. The van der Waals surface area contributed by atoms with Gasteiger partial charge in [-0.2, -0.15) is 0 Å². The second-order valence-electron chi connectivity index (χ2n) is 2.67. The number of hydrogen-bond acceptors (Lipinski definition) is 3. The Balaban J connectivity index is 2.15. The second-order valence-corrected chi connectivity index (χ2v) is 2.67. The number of nitrogens with zero attached hydrogens (tertiary/aromatic N) is 1. The van der Waals surface area contributed by atoms with Gasteiger partial charge in [0.25, 0.3) is 0 Å². The van der Waals surface area contributed by atoms with Gasteiger partial charge in [0.1, 0.15) is 0 Å². The Morgan fingerprint density at radius 3 is 3.00 bits per heavy atom. The van der Waals surface area contributed by atoms with Crippen LogP contribution in [0.2, 0.25) is 0 Å². The summed E-state index contributed by atoms with van der Waals surface area (Å²) in [5, 5.41) is 8.60. The van der Waals surface area contributed by atoms with Crippen molar-refractivity contribution in [2.45, 2.75) is 12.5 Å². The van der Waals surface area contributed by atoms with Gasteiger partial charge >= 0.3 is 0 Å². The van der Waals surface area contributed by atoms with Crippen LogP contribution in [-0.4, -0.2) is 49.5 Å². The van der Waals surface area contributed by atoms with Gasteiger partial charge in [-0.1, -0.05) is 0 Å². The summed E-state index contributed by atoms with van der Waals surface area (Å²) in [6, 6.07) is 0. The van der Waals surface area contributed by atoms with E-state index >= 15 is 0 Å². The fraction of sp³-hybridized carbons (Fsp3) is 1.00. The summed E-state index contributed by atoms with van der Waals surface area (Å²) in [5.41, 5.74) is 0. The molecule has 3 heteroatoms. The van der Waals surface area contributed by atoms with Gasteiger partial charge in [0.15, 0.2) is 0 Å². The molecule has 0 aliphatic carbocycles. The molecule has 1 N–H and O–H groups in total. The van der Waals surface area contributed by atoms with Crippen LogP contribution >= 0.6 is 0 Å². The Bertz CT molecular complexity index is 97.6. The van der Waals surface area contributed by atoms with Crippen LogP contribution in [0.5, 0.6) is 0 Å². The minimum absolute atomic E-state index is 0.260. The molecule has 1 heterocycles. The van der Waals surface area contributed by atoms with E-state index in [0.717, 1.165) is 26.1 Å². The van der Waals surface area contributed by atoms with E-state index in [9.17, 15) is 0 Å². The van der Waals surface area contributed by atoms with E-state index in [1.165, 1.54) is 0 Å². The Kier molecular flexibility index (Phi) is 3.12. The lowest BCUT2D eigenvalue weighted by Gasteiger charge is -2.12. The summed E-state index contributed by atoms with van der Waals surface area (Å²) in [4.78, 5) is 2.22. The fourth-order valence-electron chi connectivity index (χ4n) is 1.33. The van der Waals surface area contributed by atoms with Crippen LogP contribution in [-0.2, 0) is 4.74 Å². The first-order valence-corrected chi connectivity index (χ1v) is 3.73. The first-order chi connectivity index (χ1) is 4.86. The van der Waals surface area contributed by atoms with Gasteiger partial charge in [-0.05, 0) is 6.42 Å². The molecule has 3 nitrogen and oxygen atoms in total. The highest BCUT2D eigenvalue weighted by Gasteiger charge is 2.20. The highest BCUT2D eigenvalue weighted by Crippen LogP contribution is 2.10. The molecular formula is C7H15NO2. The van der Waals surface area contributed by atoms with Gasteiger partial charge in [0, 0.05) is 26.7 Å². The summed E-state index contributed by atoms with van der Waals surface area (Å²) in [6.07, 6.45) is 1.50. The van der Waals surface area contributed by atoms with Crippen LogP contribution in [0.1, 0.15) is 6.42 Å². The molecule has 60 valence electrons. The molecule has 1 aliphatic heterocycles. The van der Waals surface area contributed by atoms with Crippen LogP contribution in [0.25, 0.3) is 0 Å². The molecule has 0 radical (unpaired) electrons. The molecular weight excluding hydrogens is 130 g/mol. The van der Waals surface area contributed by atoms with Crippen LogP contribution < -0.4 is 0 Å². The topological polar surface area (TPSA) is 32.7 Å². The minimum atomic E-state index is 0.260. The number of ether oxygens (including phenoxy) is 1. The lowest BCUT2D eigenvalue weighted by atomic mass is 10.3. The average molecular weight is 145 g/mol. The highest BCUT2D eigenvalue weighted by atomic mass is 16.5. The quantitative estimate of drug-likeness (QED) is 0.592. The number of β-amino-alcohol motifs (C(OH)–C–C–N with tert-alkyl or cyclic N) is 1. The summed E-state index contributed by atoms with van der Waals surface area (Å²) in [5.74, 6) is 0. The zero-order valence-corrected chi connectivity index (χ0v) is 6.42. The average Bonchev–Trinajstić information content (AvgIpc) is 2.37. The maximum absolute atomic E-state index is 8.60. The highest BCUT2D eigenvalue weighted by molar-refractivity contribution is 4.74. The molecule has 1 unspecified atom stereocenters. The number of aliphatic hydroxyl groups is 1. The normalized spacial score (nSPS) is 27.6. The molecule has 0 aromatic carbocycles. The lowest BCUT2D eigenvalue weighted by Crippen LogP contribution is -2.25. The van der Waals surface area contributed by atoms with E-state index in [0.29, 0.717) is 6.10 Å². The van der Waals surface area contributed by atoms with E-state index in [2.05, 4.69) is 4.90 Å². The standard InChI is InChI=1S/C7H15NO2/c1-10-7-2-3-8(6-7)4-5-9/h7,9H,2-6H2,1H3. The van der Waals surface area contributed by atoms with Crippen molar-refractivity contribution in [2.75, 3.05) is 33.4 Å². The zero-order chi connectivity index (χ0) is 7.40. The monoisotopic (exact) mass is 145 g/mol. The fourth-order valence-corrected chi connectivity index (χ4v) is 1.33. The molecule has 0 aromatic rings. The summed E-state index contributed by atoms with van der Waals surface area (Å²) >= 11 is 0. The second kappa shape index (κ2) is 3.91. The van der Waals surface area contributed by atoms with Crippen molar-refractivity contribution >= 4 is 0 Å². The first-order valence-electron chi connectivity index (χ1n) is 3.73. The smallest absolute Gasteiger partial charge is 0.0710 e. The number of aliphatic hydroxyl groups excluding tert-OH is 1. The Labute approximate surface area is 61.6 Å². The number of rotatable bonds is 3. The lowest BCUT2D eigenvalue weighted by molar-refractivity contribution is 0.105. The van der Waals surface area contributed by atoms with Crippen molar-refractivity contribution in [3.8, 4) is 0 Å². The summed E-state index contributed by atoms with van der Waals surface area (Å²) < 4.78 is 5.16. The maximum atomic E-state index is 8.60. The van der Waals surface area contributed by atoms with Crippen molar-refractivity contribution in [1.29, 1.82) is 0 Å². The molecule has 0 amide bonds. The van der Waals surface area contributed by atoms with Gasteiger partial charge in [0.05, 0.1) is 12.7 Å². The van der Waals surface area contributed by atoms with Crippen LogP contribution in [0.4, 0.5) is 0 Å². The molecule has 10 heavy (non-hydrogen) atoms. The number of methoxy groups -OCH3 is 1. The molecule has 0 aromatic heterocycles. The first kappa shape index (κ1) is 7.98. The summed E-state index contributed by atoms with van der Waals surface area (Å²) in [7, 11) is 1.74. The molecule has 1 aliphatic rings. The van der Waals surface area contributed by atoms with Crippen molar-refractivity contribution in [3.05, 3.63) is 0 Å². The van der Waals surface area contributed by atoms with Crippen LogP contribution in [0.15, 0.2) is 0 Å². The molecule has 1 rings (SSSR count). The Morgan fingerprint density at radius 1 is 1.70 bits per heavy atom. The van der Waals surface area contributed by atoms with Gasteiger partial charge in [-0.3, -0.25) is 4.90 Å². The SMILES string of the molecule is COC1CCN(CCO)C1.